The number of hydrogen-bond donors (Lipinski definition) is 1. The molecule has 1 saturated heterocycles. The molecule has 1 fully saturated rings. The van der Waals surface area contributed by atoms with Gasteiger partial charge < -0.3 is 15.0 Å². The molecule has 1 aliphatic heterocycles. The number of amides is 1. The van der Waals surface area contributed by atoms with Crippen LogP contribution in [0.1, 0.15) is 34.4 Å². The van der Waals surface area contributed by atoms with Crippen molar-refractivity contribution >= 4 is 22.6 Å². The second kappa shape index (κ2) is 10.2. The number of benzene rings is 2. The second-order valence-corrected chi connectivity index (χ2v) is 8.63. The summed E-state index contributed by atoms with van der Waals surface area (Å²) in [6, 6.07) is 13.4. The molecule has 0 saturated carbocycles. The number of nitrogens with zero attached hydrogens (tertiary/aromatic N) is 5. The number of hydrogen-bond acceptors (Lipinski definition) is 7. The zero-order valence-electron chi connectivity index (χ0n) is 20.4. The topological polar surface area (TPSA) is 102 Å². The molecule has 184 valence electrons. The summed E-state index contributed by atoms with van der Waals surface area (Å²) in [5, 5.41) is 3.50. The van der Waals surface area contributed by atoms with E-state index in [9.17, 15) is 9.59 Å². The van der Waals surface area contributed by atoms with Gasteiger partial charge in [0.15, 0.2) is 11.5 Å². The average molecular weight is 485 g/mol. The van der Waals surface area contributed by atoms with E-state index in [1.165, 1.54) is 6.20 Å². The highest BCUT2D eigenvalue weighted by Gasteiger charge is 2.22. The number of carbonyl (C=O) groups excluding carboxylic acids is 1. The van der Waals surface area contributed by atoms with Gasteiger partial charge in [-0.05, 0) is 36.6 Å². The van der Waals surface area contributed by atoms with Gasteiger partial charge in [-0.25, -0.2) is 15.0 Å². The van der Waals surface area contributed by atoms with Gasteiger partial charge in [0.1, 0.15) is 5.82 Å². The van der Waals surface area contributed by atoms with Crippen molar-refractivity contribution in [2.24, 2.45) is 0 Å². The molecule has 0 radical (unpaired) electrons. The standard InChI is InChI=1S/C27H28N6O3/c1-3-19-8-4-5-10-21(19)33-22(31-20-9-6-7-18(2)23(20)27(33)35)17-30-26(34)24-25(29-12-11-28-24)32-13-15-36-16-14-32/h4-12H,3,13-17H2,1-2H3,(H,30,34). The van der Waals surface area contributed by atoms with Crippen LogP contribution in [0.2, 0.25) is 0 Å². The summed E-state index contributed by atoms with van der Waals surface area (Å²) in [4.78, 5) is 42.6. The molecule has 9 nitrogen and oxygen atoms in total. The minimum Gasteiger partial charge on any atom is -0.378 e. The molecule has 0 aliphatic carbocycles. The molecule has 4 aromatic rings. The summed E-state index contributed by atoms with van der Waals surface area (Å²) in [7, 11) is 0. The molecule has 0 atom stereocenters. The van der Waals surface area contributed by atoms with Gasteiger partial charge in [0.05, 0.1) is 36.3 Å². The Morgan fingerprint density at radius 1 is 1.06 bits per heavy atom. The number of para-hydroxylation sites is 1. The number of nitrogens with one attached hydrogen (secondary N) is 1. The molecule has 2 aromatic carbocycles. The first-order valence-electron chi connectivity index (χ1n) is 12.1. The number of ether oxygens (including phenoxy) is 1. The number of aryl methyl sites for hydroxylation is 2. The van der Waals surface area contributed by atoms with Crippen molar-refractivity contribution in [2.75, 3.05) is 31.2 Å². The van der Waals surface area contributed by atoms with Crippen LogP contribution >= 0.6 is 0 Å². The fourth-order valence-electron chi connectivity index (χ4n) is 4.58. The maximum absolute atomic E-state index is 13.8. The first-order chi connectivity index (χ1) is 17.6. The molecule has 0 bridgehead atoms. The minimum absolute atomic E-state index is 0.0507. The highest BCUT2D eigenvalue weighted by atomic mass is 16.5. The fraction of sp³-hybridized carbons (Fsp3) is 0.296. The van der Waals surface area contributed by atoms with Crippen LogP contribution in [0.5, 0.6) is 0 Å². The zero-order chi connectivity index (χ0) is 25.1. The summed E-state index contributed by atoms with van der Waals surface area (Å²) < 4.78 is 7.04. The Morgan fingerprint density at radius 2 is 1.83 bits per heavy atom. The average Bonchev–Trinajstić information content (AvgIpc) is 2.92. The monoisotopic (exact) mass is 484 g/mol. The molecule has 1 aliphatic rings. The molecule has 0 unspecified atom stereocenters. The van der Waals surface area contributed by atoms with Crippen LogP contribution in [0.25, 0.3) is 16.6 Å². The lowest BCUT2D eigenvalue weighted by Crippen LogP contribution is -2.39. The van der Waals surface area contributed by atoms with Gasteiger partial charge in [-0.1, -0.05) is 37.3 Å². The van der Waals surface area contributed by atoms with Crippen molar-refractivity contribution in [2.45, 2.75) is 26.8 Å². The van der Waals surface area contributed by atoms with Crippen LogP contribution in [0.15, 0.2) is 59.7 Å². The first-order valence-corrected chi connectivity index (χ1v) is 12.1. The van der Waals surface area contributed by atoms with Gasteiger partial charge in [-0.2, -0.15) is 0 Å². The maximum Gasteiger partial charge on any atom is 0.274 e. The van der Waals surface area contributed by atoms with Crippen LogP contribution in [0, 0.1) is 6.92 Å². The lowest BCUT2D eigenvalue weighted by Gasteiger charge is -2.28. The molecule has 1 N–H and O–H groups in total. The quantitative estimate of drug-likeness (QED) is 0.449. The fourth-order valence-corrected chi connectivity index (χ4v) is 4.58. The van der Waals surface area contributed by atoms with Crippen molar-refractivity contribution in [1.82, 2.24) is 24.8 Å². The van der Waals surface area contributed by atoms with Crippen LogP contribution < -0.4 is 15.8 Å². The van der Waals surface area contributed by atoms with Crippen molar-refractivity contribution in [3.8, 4) is 5.69 Å². The van der Waals surface area contributed by atoms with Crippen molar-refractivity contribution in [1.29, 1.82) is 0 Å². The number of aromatic nitrogens is 4. The highest BCUT2D eigenvalue weighted by Crippen LogP contribution is 2.20. The van der Waals surface area contributed by atoms with Gasteiger partial charge in [-0.15, -0.1) is 0 Å². The Hall–Kier alpha value is -4.11. The van der Waals surface area contributed by atoms with Crippen molar-refractivity contribution in [3.05, 3.63) is 87.9 Å². The van der Waals surface area contributed by atoms with E-state index in [1.54, 1.807) is 10.8 Å². The summed E-state index contributed by atoms with van der Waals surface area (Å²) in [6.45, 7) is 6.42. The van der Waals surface area contributed by atoms with Gasteiger partial charge in [0, 0.05) is 25.5 Å². The molecule has 9 heteroatoms. The Labute approximate surface area is 208 Å². The summed E-state index contributed by atoms with van der Waals surface area (Å²) >= 11 is 0. The molecular weight excluding hydrogens is 456 g/mol. The number of rotatable bonds is 6. The molecule has 36 heavy (non-hydrogen) atoms. The Morgan fingerprint density at radius 3 is 2.64 bits per heavy atom. The predicted molar refractivity (Wildman–Crippen MR) is 138 cm³/mol. The van der Waals surface area contributed by atoms with E-state index < -0.39 is 0 Å². The Balaban J connectivity index is 1.54. The number of morpholine rings is 1. The van der Waals surface area contributed by atoms with E-state index >= 15 is 0 Å². The summed E-state index contributed by atoms with van der Waals surface area (Å²) in [5.74, 6) is 0.594. The first kappa shape index (κ1) is 23.6. The zero-order valence-corrected chi connectivity index (χ0v) is 20.4. The third kappa shape index (κ3) is 4.45. The van der Waals surface area contributed by atoms with Gasteiger partial charge in [-0.3, -0.25) is 14.2 Å². The second-order valence-electron chi connectivity index (χ2n) is 8.63. The smallest absolute Gasteiger partial charge is 0.274 e. The van der Waals surface area contributed by atoms with Crippen LogP contribution in [-0.4, -0.2) is 51.7 Å². The Bertz CT molecular complexity index is 1480. The lowest BCUT2D eigenvalue weighted by atomic mass is 10.1. The molecule has 0 spiro atoms. The predicted octanol–water partition coefficient (Wildman–Crippen LogP) is 2.81. The molecule has 1 amide bonds. The highest BCUT2D eigenvalue weighted by molar-refractivity contribution is 5.96. The van der Waals surface area contributed by atoms with E-state index in [4.69, 9.17) is 9.72 Å². The Kier molecular flexibility index (Phi) is 6.73. The number of fused-ring (bicyclic) bond motifs is 1. The maximum atomic E-state index is 13.8. The van der Waals surface area contributed by atoms with Crippen LogP contribution in [0.4, 0.5) is 5.82 Å². The molecule has 5 rings (SSSR count). The minimum atomic E-state index is -0.376. The third-order valence-electron chi connectivity index (χ3n) is 6.40. The molecule has 2 aromatic heterocycles. The van der Waals surface area contributed by atoms with Gasteiger partial charge >= 0.3 is 0 Å². The van der Waals surface area contributed by atoms with Gasteiger partial charge in [0.2, 0.25) is 0 Å². The van der Waals surface area contributed by atoms with Crippen molar-refractivity contribution in [3.63, 3.8) is 0 Å². The summed E-state index contributed by atoms with van der Waals surface area (Å²) in [5.41, 5.74) is 3.32. The third-order valence-corrected chi connectivity index (χ3v) is 6.40. The van der Waals surface area contributed by atoms with Gasteiger partial charge in [0.25, 0.3) is 11.5 Å². The van der Waals surface area contributed by atoms with E-state index in [1.807, 2.05) is 61.2 Å². The number of anilines is 1. The molecular formula is C27H28N6O3. The lowest BCUT2D eigenvalue weighted by molar-refractivity contribution is 0.0942. The van der Waals surface area contributed by atoms with E-state index in [0.717, 1.165) is 23.2 Å². The SMILES string of the molecule is CCc1ccccc1-n1c(CNC(=O)c2nccnc2N2CCOCC2)nc2cccc(C)c2c1=O. The van der Waals surface area contributed by atoms with E-state index in [-0.39, 0.29) is 23.7 Å². The largest absolute Gasteiger partial charge is 0.378 e. The van der Waals surface area contributed by atoms with Crippen LogP contribution in [0.3, 0.4) is 0 Å². The van der Waals surface area contributed by atoms with E-state index in [2.05, 4.69) is 15.3 Å². The molecule has 3 heterocycles. The van der Waals surface area contributed by atoms with E-state index in [0.29, 0.717) is 48.8 Å². The normalized spacial score (nSPS) is 13.7. The van der Waals surface area contributed by atoms with Crippen molar-refractivity contribution < 1.29 is 9.53 Å². The number of carbonyl (C=O) groups is 1. The van der Waals surface area contributed by atoms with Crippen LogP contribution in [-0.2, 0) is 17.7 Å². The summed E-state index contributed by atoms with van der Waals surface area (Å²) in [6.07, 6.45) is 3.83.